The van der Waals surface area contributed by atoms with E-state index in [0.29, 0.717) is 18.0 Å². The molecule has 1 aromatic rings. The number of amides is 1. The molecule has 1 aromatic carbocycles. The zero-order chi connectivity index (χ0) is 17.4. The molecule has 0 spiro atoms. The van der Waals surface area contributed by atoms with Crippen LogP contribution in [0, 0.1) is 0 Å². The number of nitrogens with zero attached hydrogens (tertiary/aromatic N) is 2. The van der Waals surface area contributed by atoms with Crippen molar-refractivity contribution >= 4 is 21.8 Å². The Labute approximate surface area is 147 Å². The van der Waals surface area contributed by atoms with E-state index in [1.54, 1.807) is 23.3 Å². The fourth-order valence-electron chi connectivity index (χ4n) is 3.48. The Kier molecular flexibility index (Phi) is 3.95. The summed E-state index contributed by atoms with van der Waals surface area (Å²) in [4.78, 5) is 14.4. The molecule has 1 N–H and O–H groups in total. The van der Waals surface area contributed by atoms with Crippen LogP contribution < -0.4 is 5.32 Å². The first-order chi connectivity index (χ1) is 12.0. The maximum absolute atomic E-state index is 12.7. The fourth-order valence-corrected chi connectivity index (χ4v) is 4.45. The van der Waals surface area contributed by atoms with Gasteiger partial charge in [-0.25, -0.2) is 8.42 Å². The van der Waals surface area contributed by atoms with Crippen LogP contribution >= 0.6 is 0 Å². The molecule has 25 heavy (non-hydrogen) atoms. The first-order valence-electron chi connectivity index (χ1n) is 8.40. The van der Waals surface area contributed by atoms with Gasteiger partial charge in [-0.3, -0.25) is 4.79 Å². The van der Waals surface area contributed by atoms with Gasteiger partial charge in [-0.2, -0.15) is 0 Å². The number of sulfonamides is 1. The van der Waals surface area contributed by atoms with Crippen molar-refractivity contribution in [3.63, 3.8) is 0 Å². The van der Waals surface area contributed by atoms with Gasteiger partial charge in [0.25, 0.3) is 15.9 Å². The van der Waals surface area contributed by atoms with E-state index in [2.05, 4.69) is 21.8 Å². The van der Waals surface area contributed by atoms with Crippen LogP contribution in [0.4, 0.5) is 0 Å². The van der Waals surface area contributed by atoms with Crippen molar-refractivity contribution in [2.45, 2.75) is 25.3 Å². The van der Waals surface area contributed by atoms with E-state index in [4.69, 9.17) is 0 Å². The topological polar surface area (TPSA) is 78.8 Å². The Morgan fingerprint density at radius 1 is 1.24 bits per heavy atom. The van der Waals surface area contributed by atoms with E-state index < -0.39 is 10.0 Å². The lowest BCUT2D eigenvalue weighted by Crippen LogP contribution is -2.38. The molecular formula is C18H19N3O3S. The molecule has 6 nitrogen and oxygen atoms in total. The number of fused-ring (bicyclic) bond motifs is 2. The molecule has 0 bridgehead atoms. The van der Waals surface area contributed by atoms with Crippen LogP contribution in [-0.4, -0.2) is 37.4 Å². The molecule has 7 heteroatoms. The molecule has 2 aliphatic heterocycles. The highest BCUT2D eigenvalue weighted by molar-refractivity contribution is 7.90. The molecule has 4 rings (SSSR count). The number of carbonyl (C=O) groups is 1. The van der Waals surface area contributed by atoms with Crippen molar-refractivity contribution in [1.82, 2.24) is 10.2 Å². The summed E-state index contributed by atoms with van der Waals surface area (Å²) in [7, 11) is -3.38. The minimum absolute atomic E-state index is 0.0172. The van der Waals surface area contributed by atoms with Crippen molar-refractivity contribution in [2.24, 2.45) is 4.40 Å². The van der Waals surface area contributed by atoms with Crippen LogP contribution in [0.1, 0.15) is 30.0 Å². The maximum atomic E-state index is 12.7. The molecule has 0 aromatic heterocycles. The average Bonchev–Trinajstić information content (AvgIpc) is 2.61. The van der Waals surface area contributed by atoms with Crippen LogP contribution in [0.2, 0.25) is 0 Å². The standard InChI is InChI=1S/C18H19N3O3S/c22-18(19-16-7-3-5-13-4-1-2-6-15(13)16)14-8-9-17-20-25(23,24)11-10-21(17)12-14/h1-2,4,6,8-9,12,16H,3,5,7,10-11H2,(H,19,22)/t16-/m1/s1. The van der Waals surface area contributed by atoms with Crippen LogP contribution in [0.3, 0.4) is 0 Å². The van der Waals surface area contributed by atoms with Crippen LogP contribution in [0.25, 0.3) is 0 Å². The molecule has 0 unspecified atom stereocenters. The van der Waals surface area contributed by atoms with Crippen LogP contribution in [0.15, 0.2) is 52.6 Å². The van der Waals surface area contributed by atoms with Crippen LogP contribution in [0.5, 0.6) is 0 Å². The number of aryl methyl sites for hydroxylation is 1. The van der Waals surface area contributed by atoms with Crippen LogP contribution in [-0.2, 0) is 21.2 Å². The fraction of sp³-hybridized carbons (Fsp3) is 0.333. The highest BCUT2D eigenvalue weighted by Crippen LogP contribution is 2.29. The molecule has 3 aliphatic rings. The van der Waals surface area contributed by atoms with Gasteiger partial charge in [-0.1, -0.05) is 24.3 Å². The Morgan fingerprint density at radius 3 is 2.96 bits per heavy atom. The summed E-state index contributed by atoms with van der Waals surface area (Å²) in [5.41, 5.74) is 3.00. The van der Waals surface area contributed by atoms with E-state index in [1.807, 2.05) is 12.1 Å². The van der Waals surface area contributed by atoms with Gasteiger partial charge in [0.05, 0.1) is 17.4 Å². The minimum Gasteiger partial charge on any atom is -0.345 e. The van der Waals surface area contributed by atoms with Crippen molar-refractivity contribution in [3.8, 4) is 0 Å². The van der Waals surface area contributed by atoms with Crippen molar-refractivity contribution in [2.75, 3.05) is 12.3 Å². The second-order valence-corrected chi connectivity index (χ2v) is 8.22. The summed E-state index contributed by atoms with van der Waals surface area (Å²) in [6, 6.07) is 8.24. The SMILES string of the molecule is O=C(N[C@@H]1CCCc2ccccc21)C1=CN2CCS(=O)(=O)N=C2C=C1. The Balaban J connectivity index is 1.52. The lowest BCUT2D eigenvalue weighted by atomic mass is 9.87. The summed E-state index contributed by atoms with van der Waals surface area (Å²) in [5, 5.41) is 3.11. The average molecular weight is 357 g/mol. The Morgan fingerprint density at radius 2 is 2.08 bits per heavy atom. The largest absolute Gasteiger partial charge is 0.345 e. The molecule has 0 radical (unpaired) electrons. The van der Waals surface area contributed by atoms with Gasteiger partial charge < -0.3 is 10.2 Å². The van der Waals surface area contributed by atoms with E-state index in [0.717, 1.165) is 19.3 Å². The number of hydrogen-bond acceptors (Lipinski definition) is 4. The Bertz CT molecular complexity index is 915. The van der Waals surface area contributed by atoms with Crippen molar-refractivity contribution < 1.29 is 13.2 Å². The summed E-state index contributed by atoms with van der Waals surface area (Å²) in [5.74, 6) is 0.183. The number of benzene rings is 1. The predicted molar refractivity (Wildman–Crippen MR) is 95.4 cm³/mol. The monoisotopic (exact) mass is 357 g/mol. The number of nitrogens with one attached hydrogen (secondary N) is 1. The molecule has 1 amide bonds. The lowest BCUT2D eigenvalue weighted by molar-refractivity contribution is -0.118. The van der Waals surface area contributed by atoms with Gasteiger partial charge in [-0.15, -0.1) is 4.40 Å². The van der Waals surface area contributed by atoms with E-state index >= 15 is 0 Å². The van der Waals surface area contributed by atoms with Gasteiger partial charge >= 0.3 is 0 Å². The Hall–Kier alpha value is -2.41. The summed E-state index contributed by atoms with van der Waals surface area (Å²) in [6.07, 6.45) is 7.91. The highest BCUT2D eigenvalue weighted by Gasteiger charge is 2.27. The molecular weight excluding hydrogens is 338 g/mol. The molecule has 0 saturated heterocycles. The van der Waals surface area contributed by atoms with Crippen molar-refractivity contribution in [1.29, 1.82) is 0 Å². The van der Waals surface area contributed by atoms with Gasteiger partial charge in [0, 0.05) is 12.7 Å². The number of amidine groups is 1. The molecule has 130 valence electrons. The minimum atomic E-state index is -3.38. The zero-order valence-electron chi connectivity index (χ0n) is 13.7. The van der Waals surface area contributed by atoms with E-state index in [9.17, 15) is 13.2 Å². The summed E-state index contributed by atoms with van der Waals surface area (Å²) >= 11 is 0. The molecule has 1 atom stereocenters. The number of rotatable bonds is 2. The van der Waals surface area contributed by atoms with Gasteiger partial charge in [-0.05, 0) is 42.5 Å². The second-order valence-electron chi connectivity index (χ2n) is 6.46. The predicted octanol–water partition coefficient (Wildman–Crippen LogP) is 1.68. The van der Waals surface area contributed by atoms with E-state index in [1.165, 1.54) is 11.1 Å². The third-order valence-corrected chi connectivity index (χ3v) is 5.92. The number of hydrogen-bond donors (Lipinski definition) is 1. The first-order valence-corrected chi connectivity index (χ1v) is 10.0. The molecule has 0 fully saturated rings. The lowest BCUT2D eigenvalue weighted by Gasteiger charge is -2.29. The van der Waals surface area contributed by atoms with Crippen molar-refractivity contribution in [3.05, 3.63) is 59.3 Å². The quantitative estimate of drug-likeness (QED) is 0.873. The molecule has 1 aliphatic carbocycles. The second kappa shape index (κ2) is 6.15. The zero-order valence-corrected chi connectivity index (χ0v) is 14.5. The highest BCUT2D eigenvalue weighted by atomic mass is 32.2. The van der Waals surface area contributed by atoms with E-state index in [-0.39, 0.29) is 17.7 Å². The summed E-state index contributed by atoms with van der Waals surface area (Å²) in [6.45, 7) is 0.314. The third-order valence-electron chi connectivity index (χ3n) is 4.76. The molecule has 2 heterocycles. The van der Waals surface area contributed by atoms with Gasteiger partial charge in [0.15, 0.2) is 0 Å². The molecule has 0 saturated carbocycles. The third kappa shape index (κ3) is 3.24. The van der Waals surface area contributed by atoms with Gasteiger partial charge in [0.1, 0.15) is 5.84 Å². The van der Waals surface area contributed by atoms with Gasteiger partial charge in [0.2, 0.25) is 0 Å². The normalized spacial score (nSPS) is 23.8. The first kappa shape index (κ1) is 16.1. The smallest absolute Gasteiger partial charge is 0.256 e. The number of carbonyl (C=O) groups excluding carboxylic acids is 1. The summed E-state index contributed by atoms with van der Waals surface area (Å²) < 4.78 is 26.8. The maximum Gasteiger partial charge on any atom is 0.256 e.